The van der Waals surface area contributed by atoms with Crippen molar-refractivity contribution in [2.24, 2.45) is 0 Å². The van der Waals surface area contributed by atoms with E-state index in [1.54, 1.807) is 4.90 Å². The molecule has 1 fully saturated rings. The normalized spacial score (nSPS) is 20.0. The molecule has 130 valence electrons. The van der Waals surface area contributed by atoms with Gasteiger partial charge in [-0.15, -0.1) is 0 Å². The number of hydrogen-bond donors (Lipinski definition) is 0. The predicted octanol–water partition coefficient (Wildman–Crippen LogP) is 4.56. The number of thioether (sulfide) groups is 1. The van der Waals surface area contributed by atoms with E-state index in [4.69, 9.17) is 11.6 Å². The first-order chi connectivity index (χ1) is 12.7. The number of amides is 1. The maximum absolute atomic E-state index is 12.8. The van der Waals surface area contributed by atoms with E-state index in [1.165, 1.54) is 11.8 Å². The number of allylic oxidation sites excluding steroid dienone is 1. The van der Waals surface area contributed by atoms with Gasteiger partial charge in [-0.3, -0.25) is 9.69 Å². The second-order valence-electron chi connectivity index (χ2n) is 6.25. The fourth-order valence-corrected chi connectivity index (χ4v) is 4.72. The zero-order chi connectivity index (χ0) is 18.1. The van der Waals surface area contributed by atoms with Gasteiger partial charge in [-0.05, 0) is 23.8 Å². The lowest BCUT2D eigenvalue weighted by atomic mass is 9.86. The lowest BCUT2D eigenvalue weighted by Gasteiger charge is -2.42. The van der Waals surface area contributed by atoms with E-state index in [0.717, 1.165) is 16.3 Å². The van der Waals surface area contributed by atoms with Crippen LogP contribution in [0.25, 0.3) is 0 Å². The zero-order valence-electron chi connectivity index (χ0n) is 13.9. The first kappa shape index (κ1) is 17.0. The lowest BCUT2D eigenvalue weighted by Crippen LogP contribution is -2.47. The van der Waals surface area contributed by atoms with Crippen LogP contribution in [-0.2, 0) is 4.79 Å². The molecule has 2 heterocycles. The van der Waals surface area contributed by atoms with Crippen LogP contribution in [0.3, 0.4) is 0 Å². The highest BCUT2D eigenvalue weighted by Gasteiger charge is 2.38. The Morgan fingerprint density at radius 2 is 1.96 bits per heavy atom. The minimum Gasteiger partial charge on any atom is -0.344 e. The van der Waals surface area contributed by atoms with Crippen LogP contribution in [0.2, 0.25) is 5.02 Å². The molecule has 0 saturated carbocycles. The minimum absolute atomic E-state index is 0.0482. The van der Waals surface area contributed by atoms with Crippen molar-refractivity contribution in [1.82, 2.24) is 4.90 Å². The Balaban J connectivity index is 1.67. The molecule has 26 heavy (non-hydrogen) atoms. The molecular formula is C20H16ClN3OS. The molecule has 2 aromatic rings. The van der Waals surface area contributed by atoms with Gasteiger partial charge in [0.1, 0.15) is 0 Å². The highest BCUT2D eigenvalue weighted by molar-refractivity contribution is 8.03. The lowest BCUT2D eigenvalue weighted by molar-refractivity contribution is -0.129. The second-order valence-corrected chi connectivity index (χ2v) is 7.62. The van der Waals surface area contributed by atoms with Gasteiger partial charge >= 0.3 is 0 Å². The molecule has 4 rings (SSSR count). The molecule has 1 amide bonds. The third kappa shape index (κ3) is 3.07. The number of carbonyl (C=O) groups excluding carboxylic acids is 1. The van der Waals surface area contributed by atoms with Gasteiger partial charge in [0.15, 0.2) is 0 Å². The van der Waals surface area contributed by atoms with E-state index in [1.807, 2.05) is 54.6 Å². The number of nitriles is 1. The van der Waals surface area contributed by atoms with Gasteiger partial charge in [-0.1, -0.05) is 59.8 Å². The molecule has 0 unspecified atom stereocenters. The monoisotopic (exact) mass is 381 g/mol. The Kier molecular flexibility index (Phi) is 4.62. The zero-order valence-corrected chi connectivity index (χ0v) is 15.5. The topological polar surface area (TPSA) is 47.3 Å². The van der Waals surface area contributed by atoms with Crippen molar-refractivity contribution in [3.05, 3.63) is 75.8 Å². The third-order valence-corrected chi connectivity index (χ3v) is 6.06. The van der Waals surface area contributed by atoms with E-state index >= 15 is 0 Å². The molecule has 0 aliphatic carbocycles. The van der Waals surface area contributed by atoms with Crippen LogP contribution in [0.4, 0.5) is 5.69 Å². The molecule has 0 radical (unpaired) electrons. The van der Waals surface area contributed by atoms with Crippen LogP contribution in [0.15, 0.2) is 65.2 Å². The molecule has 2 aromatic carbocycles. The molecule has 0 N–H and O–H groups in total. The number of nitrogens with zero attached hydrogens (tertiary/aromatic N) is 3. The molecular weight excluding hydrogens is 366 g/mol. The van der Waals surface area contributed by atoms with Crippen LogP contribution >= 0.6 is 23.4 Å². The van der Waals surface area contributed by atoms with Crippen molar-refractivity contribution in [3.8, 4) is 6.07 Å². The number of halogens is 1. The first-order valence-electron chi connectivity index (χ1n) is 8.30. The van der Waals surface area contributed by atoms with Crippen LogP contribution < -0.4 is 4.90 Å². The number of carbonyl (C=O) groups is 1. The fourth-order valence-electron chi connectivity index (χ4n) is 3.37. The van der Waals surface area contributed by atoms with Crippen LogP contribution in [0, 0.1) is 11.3 Å². The molecule has 1 saturated heterocycles. The SMILES string of the molecule is N#CC1=C2SCN(c3cccc(Cl)c3)CN2C(=O)C[C@H]1c1ccccc1. The maximum Gasteiger partial charge on any atom is 0.229 e. The van der Waals surface area contributed by atoms with Crippen LogP contribution in [0.1, 0.15) is 17.9 Å². The third-order valence-electron chi connectivity index (χ3n) is 4.67. The highest BCUT2D eigenvalue weighted by Crippen LogP contribution is 2.43. The summed E-state index contributed by atoms with van der Waals surface area (Å²) in [7, 11) is 0. The summed E-state index contributed by atoms with van der Waals surface area (Å²) in [4.78, 5) is 16.7. The van der Waals surface area contributed by atoms with E-state index in [0.29, 0.717) is 29.6 Å². The Bertz CT molecular complexity index is 922. The summed E-state index contributed by atoms with van der Waals surface area (Å²) in [6.45, 7) is 0.439. The molecule has 0 aromatic heterocycles. The standard InChI is InChI=1S/C20H16ClN3OS/c21-15-7-4-8-16(9-15)23-12-24-19(25)10-17(14-5-2-1-3-6-14)18(11-22)20(24)26-13-23/h1-9,17H,10,12-13H2/t17-/m0/s1. The van der Waals surface area contributed by atoms with Crippen molar-refractivity contribution in [3.63, 3.8) is 0 Å². The summed E-state index contributed by atoms with van der Waals surface area (Å²) in [5.41, 5.74) is 2.68. The molecule has 2 aliphatic heterocycles. The number of hydrogen-bond acceptors (Lipinski definition) is 4. The van der Waals surface area contributed by atoms with Crippen molar-refractivity contribution in [1.29, 1.82) is 5.26 Å². The van der Waals surface area contributed by atoms with Gasteiger partial charge in [-0.25, -0.2) is 0 Å². The molecule has 2 aliphatic rings. The van der Waals surface area contributed by atoms with Crippen LogP contribution in [-0.4, -0.2) is 23.4 Å². The maximum atomic E-state index is 12.8. The van der Waals surface area contributed by atoms with E-state index in [2.05, 4.69) is 11.0 Å². The fraction of sp³-hybridized carbons (Fsp3) is 0.200. The first-order valence-corrected chi connectivity index (χ1v) is 9.66. The smallest absolute Gasteiger partial charge is 0.229 e. The number of anilines is 1. The van der Waals surface area contributed by atoms with E-state index in [9.17, 15) is 10.1 Å². The summed E-state index contributed by atoms with van der Waals surface area (Å²) < 4.78 is 0. The Labute approximate surface area is 161 Å². The van der Waals surface area contributed by atoms with Gasteiger partial charge in [0.05, 0.1) is 29.2 Å². The Morgan fingerprint density at radius 1 is 1.15 bits per heavy atom. The Hall–Kier alpha value is -2.42. The second kappa shape index (κ2) is 7.06. The van der Waals surface area contributed by atoms with Gasteiger partial charge < -0.3 is 4.90 Å². The Morgan fingerprint density at radius 3 is 2.69 bits per heavy atom. The van der Waals surface area contributed by atoms with Crippen molar-refractivity contribution >= 4 is 35.0 Å². The summed E-state index contributed by atoms with van der Waals surface area (Å²) in [5.74, 6) is 0.559. The summed E-state index contributed by atoms with van der Waals surface area (Å²) >= 11 is 7.63. The van der Waals surface area contributed by atoms with Crippen molar-refractivity contribution in [2.45, 2.75) is 12.3 Å². The largest absolute Gasteiger partial charge is 0.344 e. The van der Waals surface area contributed by atoms with E-state index < -0.39 is 0 Å². The van der Waals surface area contributed by atoms with Gasteiger partial charge in [-0.2, -0.15) is 5.26 Å². The highest BCUT2D eigenvalue weighted by atomic mass is 35.5. The predicted molar refractivity (Wildman–Crippen MR) is 105 cm³/mol. The van der Waals surface area contributed by atoms with Crippen LogP contribution in [0.5, 0.6) is 0 Å². The van der Waals surface area contributed by atoms with Gasteiger partial charge in [0, 0.05) is 23.0 Å². The van der Waals surface area contributed by atoms with Gasteiger partial charge in [0.25, 0.3) is 0 Å². The quantitative estimate of drug-likeness (QED) is 0.765. The molecule has 0 bridgehead atoms. The molecule has 1 atom stereocenters. The van der Waals surface area contributed by atoms with Crippen molar-refractivity contribution in [2.75, 3.05) is 17.4 Å². The summed E-state index contributed by atoms with van der Waals surface area (Å²) in [6.07, 6.45) is 0.320. The van der Waals surface area contributed by atoms with E-state index in [-0.39, 0.29) is 11.8 Å². The molecule has 6 heteroatoms. The van der Waals surface area contributed by atoms with Crippen molar-refractivity contribution < 1.29 is 4.79 Å². The number of fused-ring (bicyclic) bond motifs is 1. The number of benzene rings is 2. The van der Waals surface area contributed by atoms with Gasteiger partial charge in [0.2, 0.25) is 5.91 Å². The molecule has 0 spiro atoms. The average molecular weight is 382 g/mol. The summed E-state index contributed by atoms with van der Waals surface area (Å²) in [5, 5.41) is 11.2. The number of rotatable bonds is 2. The summed E-state index contributed by atoms with van der Waals surface area (Å²) in [6, 6.07) is 19.8. The average Bonchev–Trinajstić information content (AvgIpc) is 2.68. The minimum atomic E-state index is -0.162. The molecule has 4 nitrogen and oxygen atoms in total.